The molecule has 0 fully saturated rings. The highest BCUT2D eigenvalue weighted by Gasteiger charge is 2.19. The van der Waals surface area contributed by atoms with Gasteiger partial charge in [-0.1, -0.05) is 25.4 Å². The molecule has 0 unspecified atom stereocenters. The summed E-state index contributed by atoms with van der Waals surface area (Å²) in [6.07, 6.45) is 0.555. The standard InChI is InChI=1S/C12H15ClN2O3/c1-7(2)12(17)18-8(3)11(16)15-10-5-4-9(13)6-14-10/h4-8H,1-3H3,(H,14,15,16)/t8-/m0/s1. The number of aromatic nitrogens is 1. The first-order valence-corrected chi connectivity index (χ1v) is 5.91. The number of carbonyl (C=O) groups excluding carboxylic acids is 2. The number of ether oxygens (including phenoxy) is 1. The molecule has 0 aromatic carbocycles. The Morgan fingerprint density at radius 1 is 1.33 bits per heavy atom. The van der Waals surface area contributed by atoms with E-state index in [1.807, 2.05) is 0 Å². The zero-order valence-corrected chi connectivity index (χ0v) is 11.2. The Morgan fingerprint density at radius 2 is 2.00 bits per heavy atom. The van der Waals surface area contributed by atoms with Crippen molar-refractivity contribution in [3.05, 3.63) is 23.4 Å². The van der Waals surface area contributed by atoms with Crippen LogP contribution in [0.1, 0.15) is 20.8 Å². The fraction of sp³-hybridized carbons (Fsp3) is 0.417. The number of nitrogens with zero attached hydrogens (tertiary/aromatic N) is 1. The van der Waals surface area contributed by atoms with E-state index < -0.39 is 18.0 Å². The summed E-state index contributed by atoms with van der Waals surface area (Å²) in [7, 11) is 0. The monoisotopic (exact) mass is 270 g/mol. The fourth-order valence-corrected chi connectivity index (χ4v) is 1.15. The van der Waals surface area contributed by atoms with Gasteiger partial charge in [-0.05, 0) is 19.1 Å². The van der Waals surface area contributed by atoms with E-state index in [1.54, 1.807) is 26.0 Å². The van der Waals surface area contributed by atoms with Crippen molar-refractivity contribution >= 4 is 29.3 Å². The third-order valence-corrected chi connectivity index (χ3v) is 2.34. The molecule has 1 rings (SSSR count). The lowest BCUT2D eigenvalue weighted by Crippen LogP contribution is -2.31. The van der Waals surface area contributed by atoms with Crippen molar-refractivity contribution in [2.75, 3.05) is 5.32 Å². The zero-order valence-electron chi connectivity index (χ0n) is 10.4. The van der Waals surface area contributed by atoms with Gasteiger partial charge >= 0.3 is 5.97 Å². The van der Waals surface area contributed by atoms with Crippen molar-refractivity contribution in [1.29, 1.82) is 0 Å². The minimum atomic E-state index is -0.864. The van der Waals surface area contributed by atoms with Gasteiger partial charge in [0.05, 0.1) is 10.9 Å². The molecular weight excluding hydrogens is 256 g/mol. The van der Waals surface area contributed by atoms with Crippen molar-refractivity contribution in [1.82, 2.24) is 4.98 Å². The van der Waals surface area contributed by atoms with E-state index in [9.17, 15) is 9.59 Å². The molecule has 1 N–H and O–H groups in total. The Kier molecular flexibility index (Phi) is 5.09. The number of rotatable bonds is 4. The Bertz CT molecular complexity index is 431. The molecule has 0 saturated heterocycles. The molecule has 1 amide bonds. The molecular formula is C12H15ClN2O3. The maximum absolute atomic E-state index is 11.7. The number of anilines is 1. The van der Waals surface area contributed by atoms with Crippen LogP contribution in [0.4, 0.5) is 5.82 Å². The van der Waals surface area contributed by atoms with Gasteiger partial charge in [0, 0.05) is 6.20 Å². The molecule has 0 bridgehead atoms. The van der Waals surface area contributed by atoms with Gasteiger partial charge in [0.2, 0.25) is 0 Å². The zero-order chi connectivity index (χ0) is 13.7. The molecule has 6 heteroatoms. The van der Waals surface area contributed by atoms with Crippen LogP contribution in [0, 0.1) is 5.92 Å². The minimum Gasteiger partial charge on any atom is -0.452 e. The number of esters is 1. The Hall–Kier alpha value is -1.62. The van der Waals surface area contributed by atoms with Gasteiger partial charge in [-0.25, -0.2) is 4.98 Å². The second kappa shape index (κ2) is 6.35. The van der Waals surface area contributed by atoms with Gasteiger partial charge in [0.25, 0.3) is 5.91 Å². The average Bonchev–Trinajstić information content (AvgIpc) is 2.31. The highest BCUT2D eigenvalue weighted by molar-refractivity contribution is 6.30. The first kappa shape index (κ1) is 14.4. The van der Waals surface area contributed by atoms with Crippen molar-refractivity contribution in [3.8, 4) is 0 Å². The van der Waals surface area contributed by atoms with E-state index in [4.69, 9.17) is 16.3 Å². The Morgan fingerprint density at radius 3 is 2.50 bits per heavy atom. The van der Waals surface area contributed by atoms with E-state index in [0.717, 1.165) is 0 Å². The summed E-state index contributed by atoms with van der Waals surface area (Å²) in [5, 5.41) is 3.01. The van der Waals surface area contributed by atoms with E-state index in [0.29, 0.717) is 10.8 Å². The Labute approximate surface area is 110 Å². The summed E-state index contributed by atoms with van der Waals surface area (Å²) in [4.78, 5) is 26.9. The summed E-state index contributed by atoms with van der Waals surface area (Å²) in [5.74, 6) is -0.758. The van der Waals surface area contributed by atoms with Crippen LogP contribution in [0.25, 0.3) is 0 Å². The predicted molar refractivity (Wildman–Crippen MR) is 68.3 cm³/mol. The average molecular weight is 271 g/mol. The highest BCUT2D eigenvalue weighted by Crippen LogP contribution is 2.10. The largest absolute Gasteiger partial charge is 0.452 e. The van der Waals surface area contributed by atoms with E-state index >= 15 is 0 Å². The molecule has 0 saturated carbocycles. The summed E-state index contributed by atoms with van der Waals surface area (Å²) in [5.41, 5.74) is 0. The van der Waals surface area contributed by atoms with Crippen LogP contribution in [-0.2, 0) is 14.3 Å². The van der Waals surface area contributed by atoms with E-state index in [1.165, 1.54) is 13.1 Å². The van der Waals surface area contributed by atoms with Crippen LogP contribution in [0.3, 0.4) is 0 Å². The van der Waals surface area contributed by atoms with Crippen molar-refractivity contribution in [2.24, 2.45) is 5.92 Å². The molecule has 0 spiro atoms. The quantitative estimate of drug-likeness (QED) is 0.852. The molecule has 1 aromatic rings. The molecule has 5 nitrogen and oxygen atoms in total. The molecule has 18 heavy (non-hydrogen) atoms. The molecule has 0 aliphatic heterocycles. The SMILES string of the molecule is CC(C)C(=O)O[C@@H](C)C(=O)Nc1ccc(Cl)cn1. The van der Waals surface area contributed by atoms with Gasteiger partial charge in [0.1, 0.15) is 5.82 Å². The fourth-order valence-electron chi connectivity index (χ4n) is 1.04. The van der Waals surface area contributed by atoms with Crippen LogP contribution >= 0.6 is 11.6 Å². The normalized spacial score (nSPS) is 12.1. The second-order valence-corrected chi connectivity index (χ2v) is 4.52. The lowest BCUT2D eigenvalue weighted by Gasteiger charge is -2.14. The summed E-state index contributed by atoms with van der Waals surface area (Å²) in [6.45, 7) is 4.91. The lowest BCUT2D eigenvalue weighted by atomic mass is 10.2. The first-order chi connectivity index (χ1) is 8.40. The van der Waals surface area contributed by atoms with Gasteiger partial charge in [0.15, 0.2) is 6.10 Å². The number of halogens is 1. The first-order valence-electron chi connectivity index (χ1n) is 5.53. The third-order valence-electron chi connectivity index (χ3n) is 2.11. The highest BCUT2D eigenvalue weighted by atomic mass is 35.5. The third kappa shape index (κ3) is 4.33. The molecule has 1 heterocycles. The Balaban J connectivity index is 2.54. The number of amides is 1. The lowest BCUT2D eigenvalue weighted by molar-refractivity contribution is -0.156. The number of hydrogen-bond acceptors (Lipinski definition) is 4. The van der Waals surface area contributed by atoms with Crippen LogP contribution in [0.15, 0.2) is 18.3 Å². The number of nitrogens with one attached hydrogen (secondary N) is 1. The summed E-state index contributed by atoms with van der Waals surface area (Å²) >= 11 is 5.67. The number of pyridine rings is 1. The molecule has 0 aliphatic carbocycles. The molecule has 98 valence electrons. The topological polar surface area (TPSA) is 68.3 Å². The summed E-state index contributed by atoms with van der Waals surface area (Å²) < 4.78 is 4.96. The maximum atomic E-state index is 11.7. The van der Waals surface area contributed by atoms with Crippen molar-refractivity contribution < 1.29 is 14.3 Å². The second-order valence-electron chi connectivity index (χ2n) is 4.08. The predicted octanol–water partition coefficient (Wildman–Crippen LogP) is 2.26. The van der Waals surface area contributed by atoms with Crippen molar-refractivity contribution in [3.63, 3.8) is 0 Å². The molecule has 1 aromatic heterocycles. The molecule has 0 radical (unpaired) electrons. The smallest absolute Gasteiger partial charge is 0.309 e. The number of hydrogen-bond donors (Lipinski definition) is 1. The van der Waals surface area contributed by atoms with Crippen LogP contribution < -0.4 is 5.32 Å². The minimum absolute atomic E-state index is 0.270. The van der Waals surface area contributed by atoms with Gasteiger partial charge in [-0.2, -0.15) is 0 Å². The van der Waals surface area contributed by atoms with Crippen LogP contribution in [0.2, 0.25) is 5.02 Å². The molecule has 0 aliphatic rings. The number of carbonyl (C=O) groups is 2. The van der Waals surface area contributed by atoms with Crippen molar-refractivity contribution in [2.45, 2.75) is 26.9 Å². The van der Waals surface area contributed by atoms with Gasteiger partial charge in [-0.3, -0.25) is 9.59 Å². The van der Waals surface area contributed by atoms with Crippen LogP contribution in [0.5, 0.6) is 0 Å². The van der Waals surface area contributed by atoms with E-state index in [2.05, 4.69) is 10.3 Å². The maximum Gasteiger partial charge on any atom is 0.309 e. The van der Waals surface area contributed by atoms with Gasteiger partial charge < -0.3 is 10.1 Å². The van der Waals surface area contributed by atoms with Gasteiger partial charge in [-0.15, -0.1) is 0 Å². The summed E-state index contributed by atoms with van der Waals surface area (Å²) in [6, 6.07) is 3.17. The van der Waals surface area contributed by atoms with Crippen LogP contribution in [-0.4, -0.2) is 23.0 Å². The van der Waals surface area contributed by atoms with E-state index in [-0.39, 0.29) is 5.92 Å². The molecule has 1 atom stereocenters.